The minimum atomic E-state index is -0.575. The van der Waals surface area contributed by atoms with Gasteiger partial charge in [0.05, 0.1) is 6.10 Å². The van der Waals surface area contributed by atoms with Crippen molar-refractivity contribution in [2.45, 2.75) is 30.7 Å². The lowest BCUT2D eigenvalue weighted by molar-refractivity contribution is 0.127. The highest BCUT2D eigenvalue weighted by atomic mass is 32.2. The third-order valence-corrected chi connectivity index (χ3v) is 4.76. The number of halogens is 2. The summed E-state index contributed by atoms with van der Waals surface area (Å²) in [6.45, 7) is 2.81. The largest absolute Gasteiger partial charge is 0.377 e. The van der Waals surface area contributed by atoms with E-state index in [1.165, 1.54) is 12.1 Å². The first-order valence-electron chi connectivity index (χ1n) is 6.01. The number of ether oxygens (including phenoxy) is 1. The zero-order valence-electron chi connectivity index (χ0n) is 10.2. The predicted octanol–water partition coefficient (Wildman–Crippen LogP) is 2.88. The van der Waals surface area contributed by atoms with Crippen molar-refractivity contribution in [2.24, 2.45) is 5.73 Å². The fourth-order valence-electron chi connectivity index (χ4n) is 2.05. The second-order valence-corrected chi connectivity index (χ2v) is 5.78. The summed E-state index contributed by atoms with van der Waals surface area (Å²) in [6, 6.07) is 3.12. The van der Waals surface area contributed by atoms with Crippen molar-refractivity contribution < 1.29 is 13.5 Å². The van der Waals surface area contributed by atoms with Gasteiger partial charge in [-0.2, -0.15) is 11.8 Å². The van der Waals surface area contributed by atoms with Gasteiger partial charge in [0.15, 0.2) is 0 Å². The maximum Gasteiger partial charge on any atom is 0.130 e. The number of hydrogen-bond acceptors (Lipinski definition) is 3. The molecule has 1 heterocycles. The smallest absolute Gasteiger partial charge is 0.130 e. The monoisotopic (exact) mass is 273 g/mol. The maximum atomic E-state index is 13.5. The predicted molar refractivity (Wildman–Crippen MR) is 69.6 cm³/mol. The Kier molecular flexibility index (Phi) is 4.59. The molecule has 0 aromatic heterocycles. The van der Waals surface area contributed by atoms with E-state index in [2.05, 4.69) is 0 Å². The van der Waals surface area contributed by atoms with Crippen LogP contribution >= 0.6 is 11.8 Å². The molecule has 3 atom stereocenters. The molecule has 1 aromatic rings. The minimum absolute atomic E-state index is 0.222. The normalized spacial score (nSPS) is 25.3. The van der Waals surface area contributed by atoms with E-state index >= 15 is 0 Å². The van der Waals surface area contributed by atoms with Crippen molar-refractivity contribution in [1.29, 1.82) is 0 Å². The molecule has 1 aliphatic heterocycles. The van der Waals surface area contributed by atoms with E-state index in [-0.39, 0.29) is 6.10 Å². The molecule has 5 heteroatoms. The number of hydrogen-bond donors (Lipinski definition) is 1. The van der Waals surface area contributed by atoms with Crippen molar-refractivity contribution in [2.75, 3.05) is 12.4 Å². The van der Waals surface area contributed by atoms with Gasteiger partial charge in [0.1, 0.15) is 11.6 Å². The van der Waals surface area contributed by atoms with Crippen LogP contribution in [0.25, 0.3) is 0 Å². The summed E-state index contributed by atoms with van der Waals surface area (Å²) in [7, 11) is 0. The summed E-state index contributed by atoms with van der Waals surface area (Å²) in [5, 5.41) is 0.416. The van der Waals surface area contributed by atoms with Crippen molar-refractivity contribution in [3.63, 3.8) is 0 Å². The Labute approximate surface area is 110 Å². The first kappa shape index (κ1) is 13.8. The summed E-state index contributed by atoms with van der Waals surface area (Å²) >= 11 is 1.70. The quantitative estimate of drug-likeness (QED) is 0.916. The van der Waals surface area contributed by atoms with Gasteiger partial charge in [-0.3, -0.25) is 0 Å². The number of thioether (sulfide) groups is 1. The molecule has 100 valence electrons. The van der Waals surface area contributed by atoms with Gasteiger partial charge in [0, 0.05) is 35.3 Å². The van der Waals surface area contributed by atoms with Gasteiger partial charge in [0.25, 0.3) is 0 Å². The third-order valence-electron chi connectivity index (χ3n) is 3.16. The van der Waals surface area contributed by atoms with E-state index in [1.54, 1.807) is 11.8 Å². The van der Waals surface area contributed by atoms with Crippen molar-refractivity contribution in [3.05, 3.63) is 35.4 Å². The van der Waals surface area contributed by atoms with Crippen LogP contribution in [0.5, 0.6) is 0 Å². The standard InChI is InChI=1S/C13H17F2NOS/c1-8-13(4-5-17-8)18-7-12(16)10-3-2-9(14)6-11(10)15/h2-3,6,8,12-13H,4-5,7,16H2,1H3. The van der Waals surface area contributed by atoms with Gasteiger partial charge < -0.3 is 10.5 Å². The highest BCUT2D eigenvalue weighted by molar-refractivity contribution is 8.00. The summed E-state index contributed by atoms with van der Waals surface area (Å²) in [6.07, 6.45) is 1.23. The Balaban J connectivity index is 1.93. The fourth-order valence-corrected chi connectivity index (χ4v) is 3.30. The average molecular weight is 273 g/mol. The Morgan fingerprint density at radius 3 is 2.89 bits per heavy atom. The molecule has 1 aromatic carbocycles. The molecule has 18 heavy (non-hydrogen) atoms. The van der Waals surface area contributed by atoms with Crippen LogP contribution in [-0.2, 0) is 4.74 Å². The molecule has 3 unspecified atom stereocenters. The van der Waals surface area contributed by atoms with Crippen LogP contribution in [0.15, 0.2) is 18.2 Å². The molecule has 1 saturated heterocycles. The van der Waals surface area contributed by atoms with Gasteiger partial charge in [-0.1, -0.05) is 6.07 Å². The Morgan fingerprint density at radius 1 is 1.50 bits per heavy atom. The molecule has 2 nitrogen and oxygen atoms in total. The molecule has 0 saturated carbocycles. The average Bonchev–Trinajstić information content (AvgIpc) is 2.72. The molecular formula is C13H17F2NOS. The zero-order valence-corrected chi connectivity index (χ0v) is 11.1. The molecule has 1 fully saturated rings. The number of rotatable bonds is 4. The lowest BCUT2D eigenvalue weighted by Gasteiger charge is -2.17. The first-order chi connectivity index (χ1) is 8.58. The van der Waals surface area contributed by atoms with E-state index < -0.39 is 17.7 Å². The Bertz CT molecular complexity index is 416. The van der Waals surface area contributed by atoms with Gasteiger partial charge in [-0.25, -0.2) is 8.78 Å². The van der Waals surface area contributed by atoms with E-state index in [4.69, 9.17) is 10.5 Å². The topological polar surface area (TPSA) is 35.2 Å². The fraction of sp³-hybridized carbons (Fsp3) is 0.538. The molecular weight excluding hydrogens is 256 g/mol. The van der Waals surface area contributed by atoms with E-state index in [0.29, 0.717) is 16.6 Å². The van der Waals surface area contributed by atoms with Crippen LogP contribution in [0, 0.1) is 11.6 Å². The summed E-state index contributed by atoms with van der Waals surface area (Å²) in [5.74, 6) is -0.534. The van der Waals surface area contributed by atoms with Crippen LogP contribution in [0.2, 0.25) is 0 Å². The molecule has 0 aliphatic carbocycles. The SMILES string of the molecule is CC1OCCC1SCC(N)c1ccc(F)cc1F. The molecule has 0 spiro atoms. The van der Waals surface area contributed by atoms with Crippen LogP contribution in [0.1, 0.15) is 24.9 Å². The van der Waals surface area contributed by atoms with Gasteiger partial charge in [-0.15, -0.1) is 0 Å². The van der Waals surface area contributed by atoms with Gasteiger partial charge >= 0.3 is 0 Å². The van der Waals surface area contributed by atoms with Crippen molar-refractivity contribution >= 4 is 11.8 Å². The summed E-state index contributed by atoms with van der Waals surface area (Å²) < 4.78 is 31.8. The van der Waals surface area contributed by atoms with Gasteiger partial charge in [-0.05, 0) is 19.4 Å². The molecule has 0 amide bonds. The van der Waals surface area contributed by atoms with Crippen LogP contribution in [0.3, 0.4) is 0 Å². The summed E-state index contributed by atoms with van der Waals surface area (Å²) in [5.41, 5.74) is 6.32. The number of nitrogens with two attached hydrogens (primary N) is 1. The second kappa shape index (κ2) is 5.99. The highest BCUT2D eigenvalue weighted by Gasteiger charge is 2.25. The molecule has 2 N–H and O–H groups in total. The first-order valence-corrected chi connectivity index (χ1v) is 7.06. The highest BCUT2D eigenvalue weighted by Crippen LogP contribution is 2.29. The molecule has 1 aliphatic rings. The van der Waals surface area contributed by atoms with E-state index in [0.717, 1.165) is 19.1 Å². The molecule has 2 rings (SSSR count). The molecule has 0 radical (unpaired) electrons. The lowest BCUT2D eigenvalue weighted by Crippen LogP contribution is -2.20. The zero-order chi connectivity index (χ0) is 13.1. The van der Waals surface area contributed by atoms with Crippen molar-refractivity contribution in [1.82, 2.24) is 0 Å². The van der Waals surface area contributed by atoms with Crippen LogP contribution in [0.4, 0.5) is 8.78 Å². The van der Waals surface area contributed by atoms with Gasteiger partial charge in [0.2, 0.25) is 0 Å². The maximum absolute atomic E-state index is 13.5. The van der Waals surface area contributed by atoms with Crippen molar-refractivity contribution in [3.8, 4) is 0 Å². The number of benzene rings is 1. The van der Waals surface area contributed by atoms with E-state index in [9.17, 15) is 8.78 Å². The lowest BCUT2D eigenvalue weighted by atomic mass is 10.1. The van der Waals surface area contributed by atoms with Crippen LogP contribution < -0.4 is 5.73 Å². The third kappa shape index (κ3) is 3.22. The Hall–Kier alpha value is -0.650. The van der Waals surface area contributed by atoms with Crippen LogP contribution in [-0.4, -0.2) is 23.7 Å². The Morgan fingerprint density at radius 2 is 2.28 bits per heavy atom. The molecule has 0 bridgehead atoms. The summed E-state index contributed by atoms with van der Waals surface area (Å²) in [4.78, 5) is 0. The van der Waals surface area contributed by atoms with E-state index in [1.807, 2.05) is 6.92 Å². The second-order valence-electron chi connectivity index (χ2n) is 4.51. The minimum Gasteiger partial charge on any atom is -0.377 e.